The number of cyclic esters (lactones) is 1. The molecular formula is C28H54O12S6. The molecule has 0 bridgehead atoms. The summed E-state index contributed by atoms with van der Waals surface area (Å²) < 4.78 is 18.7. The van der Waals surface area contributed by atoms with Crippen molar-refractivity contribution in [2.75, 3.05) is 78.7 Å². The summed E-state index contributed by atoms with van der Waals surface area (Å²) in [6, 6.07) is 0. The number of rotatable bonds is 11. The van der Waals surface area contributed by atoms with E-state index < -0.39 is 5.97 Å². The molecule has 3 rings (SSSR count). The van der Waals surface area contributed by atoms with E-state index in [1.807, 2.05) is 57.5 Å². The molecule has 3 fully saturated rings. The normalized spacial score (nSPS) is 11.5. The van der Waals surface area contributed by atoms with Gasteiger partial charge in [0, 0.05) is 73.2 Å². The second-order valence-corrected chi connectivity index (χ2v) is 13.8. The van der Waals surface area contributed by atoms with E-state index >= 15 is 0 Å². The maximum atomic E-state index is 10.7. The minimum Gasteiger partial charge on any atom is -0.481 e. The molecule has 274 valence electrons. The van der Waals surface area contributed by atoms with E-state index in [0.29, 0.717) is 32.8 Å². The molecule has 1 N–H and O–H groups in total. The number of carboxylic acids is 1. The zero-order valence-electron chi connectivity index (χ0n) is 28.6. The Balaban J connectivity index is -0.000000109. The zero-order valence-corrected chi connectivity index (χ0v) is 33.5. The molecule has 3 saturated heterocycles. The van der Waals surface area contributed by atoms with Crippen LogP contribution in [0.25, 0.3) is 0 Å². The Hall–Kier alpha value is -1.17. The van der Waals surface area contributed by atoms with Gasteiger partial charge < -0.3 is 24.1 Å². The first-order valence-electron chi connectivity index (χ1n) is 14.3. The van der Waals surface area contributed by atoms with Crippen molar-refractivity contribution < 1.29 is 57.6 Å². The molecular weight excluding hydrogens is 721 g/mol. The van der Waals surface area contributed by atoms with E-state index in [-0.39, 0.29) is 29.4 Å². The maximum absolute atomic E-state index is 10.7. The molecule has 3 aliphatic heterocycles. The van der Waals surface area contributed by atoms with Crippen LogP contribution in [0.3, 0.4) is 0 Å². The van der Waals surface area contributed by atoms with E-state index in [1.165, 1.54) is 48.6 Å². The Morgan fingerprint density at radius 1 is 0.783 bits per heavy atom. The monoisotopic (exact) mass is 774 g/mol. The van der Waals surface area contributed by atoms with Crippen LogP contribution in [0.4, 0.5) is 4.79 Å². The van der Waals surface area contributed by atoms with E-state index in [2.05, 4.69) is 9.47 Å². The van der Waals surface area contributed by atoms with Crippen LogP contribution in [-0.2, 0) is 47.7 Å². The van der Waals surface area contributed by atoms with E-state index in [1.54, 1.807) is 40.3 Å². The molecule has 3 aliphatic rings. The third-order valence-corrected chi connectivity index (χ3v) is 7.25. The molecule has 0 unspecified atom stereocenters. The number of ether oxygens (including phenoxy) is 4. The van der Waals surface area contributed by atoms with Crippen molar-refractivity contribution in [3.05, 3.63) is 0 Å². The van der Waals surface area contributed by atoms with Gasteiger partial charge in [-0.3, -0.25) is 19.2 Å². The van der Waals surface area contributed by atoms with Crippen LogP contribution >= 0.6 is 68.6 Å². The summed E-state index contributed by atoms with van der Waals surface area (Å²) >= 11 is 6.90. The van der Waals surface area contributed by atoms with Crippen LogP contribution in [0.1, 0.15) is 61.8 Å². The van der Waals surface area contributed by atoms with Crippen molar-refractivity contribution >= 4 is 104 Å². The van der Waals surface area contributed by atoms with Crippen molar-refractivity contribution in [3.63, 3.8) is 0 Å². The highest BCUT2D eigenvalue weighted by Crippen LogP contribution is 2.20. The number of esters is 3. The van der Waals surface area contributed by atoms with Gasteiger partial charge in [0.25, 0.3) is 5.97 Å². The largest absolute Gasteiger partial charge is 0.481 e. The maximum Gasteiger partial charge on any atom is 0.373 e. The molecule has 0 amide bonds. The number of hydrogen-bond donors (Lipinski definition) is 1. The summed E-state index contributed by atoms with van der Waals surface area (Å²) in [5.41, 5.74) is 0. The summed E-state index contributed by atoms with van der Waals surface area (Å²) in [7, 11) is 3.21. The van der Waals surface area contributed by atoms with Gasteiger partial charge >= 0.3 is 29.4 Å². The van der Waals surface area contributed by atoms with Crippen molar-refractivity contribution in [1.82, 2.24) is 0 Å². The zero-order chi connectivity index (χ0) is 36.9. The Bertz CT molecular complexity index is 698. The lowest BCUT2D eigenvalue weighted by molar-refractivity contribution is -0.191. The van der Waals surface area contributed by atoms with Crippen molar-refractivity contribution in [1.29, 1.82) is 0 Å². The number of thioether (sulfide) groups is 4. The third kappa shape index (κ3) is 112. The molecule has 18 heteroatoms. The van der Waals surface area contributed by atoms with Gasteiger partial charge in [-0.2, -0.15) is 44.9 Å². The molecule has 3 heterocycles. The van der Waals surface area contributed by atoms with Crippen LogP contribution in [0, 0.1) is 0 Å². The highest BCUT2D eigenvalue weighted by molar-refractivity contribution is 8.76. The third-order valence-electron chi connectivity index (χ3n) is 2.80. The smallest absolute Gasteiger partial charge is 0.373 e. The molecule has 0 aromatic carbocycles. The average Bonchev–Trinajstić information content (AvgIpc) is 3.95. The summed E-state index contributed by atoms with van der Waals surface area (Å²) in [6.45, 7) is 15.7. The minimum absolute atomic E-state index is 0.130. The molecule has 46 heavy (non-hydrogen) atoms. The van der Waals surface area contributed by atoms with E-state index in [0.717, 1.165) is 29.9 Å². The van der Waals surface area contributed by atoms with Gasteiger partial charge in [0.1, 0.15) is 26.4 Å². The number of aliphatic carboxylic acids is 1. The Morgan fingerprint density at radius 2 is 1.13 bits per heavy atom. The Labute approximate surface area is 300 Å². The molecule has 12 nitrogen and oxygen atoms in total. The van der Waals surface area contributed by atoms with Gasteiger partial charge in [0.2, 0.25) is 0 Å². The van der Waals surface area contributed by atoms with Crippen LogP contribution in [0.15, 0.2) is 0 Å². The number of carboxylic acid groups (broad SMARTS) is 1. The van der Waals surface area contributed by atoms with Crippen LogP contribution < -0.4 is 0 Å². The highest BCUT2D eigenvalue weighted by Gasteiger charge is 2.09. The first kappa shape index (κ1) is 57.1. The van der Waals surface area contributed by atoms with Crippen molar-refractivity contribution in [2.45, 2.75) is 61.8 Å². The fraction of sp³-hybridized carbons (Fsp3) is 0.786. The van der Waals surface area contributed by atoms with E-state index in [9.17, 15) is 19.2 Å². The summed E-state index contributed by atoms with van der Waals surface area (Å²) in [4.78, 5) is 66.4. The first-order chi connectivity index (χ1) is 22.0. The average molecular weight is 775 g/mol. The molecule has 0 atom stereocenters. The number of hydrogen-bond acceptors (Lipinski definition) is 17. The van der Waals surface area contributed by atoms with Gasteiger partial charge in [-0.25, -0.2) is 4.79 Å². The Morgan fingerprint density at radius 3 is 1.35 bits per heavy atom. The SMILES string of the molecule is C1CS1.C1CS1.CC.CC.CC(=O)O.CCC(=O)OCCSSCCOC(C)=O.CSCCOC(C)=O.O=C1OCCS1.O=C=O. The second kappa shape index (κ2) is 56.2. The van der Waals surface area contributed by atoms with Gasteiger partial charge in [-0.05, 0) is 18.0 Å². The predicted octanol–water partition coefficient (Wildman–Crippen LogP) is 6.69. The molecule has 0 aromatic heterocycles. The van der Waals surface area contributed by atoms with Crippen LogP contribution in [0.5, 0.6) is 0 Å². The van der Waals surface area contributed by atoms with Gasteiger partial charge in [0.15, 0.2) is 0 Å². The van der Waals surface area contributed by atoms with E-state index in [4.69, 9.17) is 29.0 Å². The lowest BCUT2D eigenvalue weighted by atomic mass is 10.5. The quantitative estimate of drug-likeness (QED) is 0.0771. The topological polar surface area (TPSA) is 177 Å². The van der Waals surface area contributed by atoms with Gasteiger partial charge in [-0.1, -0.05) is 56.2 Å². The second-order valence-electron chi connectivity index (χ2n) is 6.66. The summed E-state index contributed by atoms with van der Waals surface area (Å²) in [5.74, 6) is 7.46. The van der Waals surface area contributed by atoms with Gasteiger partial charge in [-0.15, -0.1) is 0 Å². The Kier molecular flexibility index (Phi) is 69.8. The fourth-order valence-electron chi connectivity index (χ4n) is 1.19. The summed E-state index contributed by atoms with van der Waals surface area (Å²) in [6.07, 6.45) is 2.65. The molecule has 0 radical (unpaired) electrons. The van der Waals surface area contributed by atoms with Crippen LogP contribution in [0.2, 0.25) is 0 Å². The lowest BCUT2D eigenvalue weighted by Crippen LogP contribution is -2.05. The molecule has 0 spiro atoms. The molecule has 0 saturated carbocycles. The lowest BCUT2D eigenvalue weighted by Gasteiger charge is -2.03. The van der Waals surface area contributed by atoms with Crippen LogP contribution in [-0.4, -0.2) is 119 Å². The number of carbonyl (C=O) groups is 5. The number of carbonyl (C=O) groups excluding carboxylic acids is 6. The first-order valence-corrected chi connectivity index (χ1v) is 21.4. The molecule has 0 aliphatic carbocycles. The van der Waals surface area contributed by atoms with Crippen molar-refractivity contribution in [2.24, 2.45) is 0 Å². The minimum atomic E-state index is -0.833. The standard InChI is InChI=1S/C9H16O4S2.C5H10O2S.C3H4O2S.C2H4O2.2C2H4S.2C2H6.CO2/c1-3-9(11)13-5-7-15-14-6-4-12-8(2)10;1-5(6)7-3-4-8-2;4-3-5-1-2-6-3;1-2(3)4;2*1-2-3-1;2*1-2;2-1-3/h3-7H2,1-2H3;3-4H2,1-2H3;1-2H2;1H3,(H,3,4);2*1-2H2;2*1-2H3;. The fourth-order valence-corrected chi connectivity index (χ4v) is 3.59. The van der Waals surface area contributed by atoms with Crippen molar-refractivity contribution in [3.8, 4) is 0 Å². The summed E-state index contributed by atoms with van der Waals surface area (Å²) in [5, 5.41) is 7.29. The molecule has 0 aromatic rings. The highest BCUT2D eigenvalue weighted by atomic mass is 33.1. The van der Waals surface area contributed by atoms with Gasteiger partial charge in [0.05, 0.1) is 0 Å². The predicted molar refractivity (Wildman–Crippen MR) is 197 cm³/mol.